The fraction of sp³-hybridized carbons (Fsp3) is 1.00. The summed E-state index contributed by atoms with van der Waals surface area (Å²) in [6.07, 6.45) is 15.1. The highest BCUT2D eigenvalue weighted by atomic mass is 16.7. The molecule has 5 rings (SSSR count). The average molecular weight is 557 g/mol. The van der Waals surface area contributed by atoms with Gasteiger partial charge in [-0.25, -0.2) is 0 Å². The molecule has 8 unspecified atom stereocenters. The summed E-state index contributed by atoms with van der Waals surface area (Å²) in [6.45, 7) is 15.5. The quantitative estimate of drug-likeness (QED) is 0.401. The second-order valence-corrected chi connectivity index (χ2v) is 13.4. The van der Waals surface area contributed by atoms with Gasteiger partial charge in [0.15, 0.2) is 0 Å². The van der Waals surface area contributed by atoms with E-state index in [-0.39, 0.29) is 6.61 Å². The van der Waals surface area contributed by atoms with E-state index in [0.717, 1.165) is 63.0 Å². The van der Waals surface area contributed by atoms with Crippen LogP contribution in [-0.2, 0) is 14.4 Å². The van der Waals surface area contributed by atoms with Crippen LogP contribution in [0.2, 0.25) is 0 Å². The standard InChI is InChI=1S/C19H34N2O3.C10H20.C2H6O.CH4O/c1-22-19-16(13-21-9-3-10-24-21)4-2-5-17(19)14-6-7-18-15(12-14)8-11-23-20-18;1-8-5-6-9(2)10(3,4)7-8;1-2-3;1-2/h14-20H,2-13H2,1H3;8-9H,5-7H2,1-4H3;3H,2H2,1H3;2H,1H3. The van der Waals surface area contributed by atoms with Gasteiger partial charge in [0.2, 0.25) is 0 Å². The van der Waals surface area contributed by atoms with Crippen LogP contribution in [-0.4, -0.2) is 74.6 Å². The van der Waals surface area contributed by atoms with Crippen LogP contribution in [0.15, 0.2) is 0 Å². The third kappa shape index (κ3) is 10.8. The van der Waals surface area contributed by atoms with Gasteiger partial charge in [-0.3, -0.25) is 4.84 Å². The summed E-state index contributed by atoms with van der Waals surface area (Å²) >= 11 is 0. The van der Waals surface area contributed by atoms with Gasteiger partial charge in [0, 0.05) is 45.9 Å². The third-order valence-electron chi connectivity index (χ3n) is 10.3. The fourth-order valence-electron chi connectivity index (χ4n) is 7.93. The van der Waals surface area contributed by atoms with E-state index in [9.17, 15) is 0 Å². The molecule has 3 saturated carbocycles. The van der Waals surface area contributed by atoms with Crippen molar-refractivity contribution in [3.05, 3.63) is 0 Å². The van der Waals surface area contributed by atoms with Gasteiger partial charge in [0.05, 0.1) is 19.3 Å². The first-order valence-corrected chi connectivity index (χ1v) is 16.1. The van der Waals surface area contributed by atoms with E-state index in [1.54, 1.807) is 6.92 Å². The topological polar surface area (TPSA) is 83.4 Å². The van der Waals surface area contributed by atoms with Crippen LogP contribution in [0, 0.1) is 40.9 Å². The Labute approximate surface area is 240 Å². The average Bonchev–Trinajstić information content (AvgIpc) is 3.45. The number of hydroxylamine groups is 3. The van der Waals surface area contributed by atoms with E-state index in [1.165, 1.54) is 70.6 Å². The van der Waals surface area contributed by atoms with Gasteiger partial charge in [-0.05, 0) is 99.7 Å². The number of nitrogens with one attached hydrogen (secondary N) is 1. The van der Waals surface area contributed by atoms with Gasteiger partial charge in [-0.2, -0.15) is 10.5 Å². The van der Waals surface area contributed by atoms with E-state index in [2.05, 4.69) is 38.2 Å². The number of aliphatic hydroxyl groups is 2. The van der Waals surface area contributed by atoms with Crippen LogP contribution >= 0.6 is 0 Å². The van der Waals surface area contributed by atoms with Crippen LogP contribution in [0.4, 0.5) is 0 Å². The molecule has 7 heteroatoms. The molecule has 2 heterocycles. The lowest BCUT2D eigenvalue weighted by atomic mass is 9.65. The van der Waals surface area contributed by atoms with Gasteiger partial charge < -0.3 is 19.8 Å². The molecule has 2 saturated heterocycles. The molecule has 0 bridgehead atoms. The number of nitrogens with zero attached hydrogens (tertiary/aromatic N) is 1. The van der Waals surface area contributed by atoms with Gasteiger partial charge in [-0.1, -0.05) is 40.5 Å². The molecule has 8 atom stereocenters. The molecule has 0 aromatic carbocycles. The van der Waals surface area contributed by atoms with Crippen molar-refractivity contribution in [2.75, 3.05) is 47.1 Å². The van der Waals surface area contributed by atoms with Crippen molar-refractivity contribution in [1.29, 1.82) is 0 Å². The van der Waals surface area contributed by atoms with Crippen molar-refractivity contribution in [3.63, 3.8) is 0 Å². The molecular weight excluding hydrogens is 492 g/mol. The largest absolute Gasteiger partial charge is 0.400 e. The first kappa shape index (κ1) is 34.9. The molecule has 232 valence electrons. The third-order valence-corrected chi connectivity index (χ3v) is 10.3. The second-order valence-electron chi connectivity index (χ2n) is 13.4. The molecule has 0 amide bonds. The Morgan fingerprint density at radius 1 is 0.949 bits per heavy atom. The van der Waals surface area contributed by atoms with Crippen molar-refractivity contribution in [1.82, 2.24) is 10.5 Å². The van der Waals surface area contributed by atoms with Crippen molar-refractivity contribution in [2.24, 2.45) is 40.9 Å². The van der Waals surface area contributed by atoms with Crippen LogP contribution in [0.3, 0.4) is 0 Å². The van der Waals surface area contributed by atoms with E-state index in [1.807, 2.05) is 7.11 Å². The first-order chi connectivity index (χ1) is 18.8. The minimum absolute atomic E-state index is 0.250. The fourth-order valence-corrected chi connectivity index (χ4v) is 7.93. The zero-order chi connectivity index (χ0) is 28.8. The lowest BCUT2D eigenvalue weighted by Crippen LogP contribution is -2.49. The van der Waals surface area contributed by atoms with Crippen LogP contribution in [0.25, 0.3) is 0 Å². The number of aliphatic hydroxyl groups excluding tert-OH is 2. The summed E-state index contributed by atoms with van der Waals surface area (Å²) < 4.78 is 6.09. The highest BCUT2D eigenvalue weighted by Gasteiger charge is 2.43. The normalized spacial score (nSPS) is 38.1. The predicted molar refractivity (Wildman–Crippen MR) is 159 cm³/mol. The van der Waals surface area contributed by atoms with Crippen molar-refractivity contribution < 1.29 is 24.6 Å². The summed E-state index contributed by atoms with van der Waals surface area (Å²) in [5.74, 6) is 4.91. The maximum absolute atomic E-state index is 7.57. The monoisotopic (exact) mass is 556 g/mol. The minimum atomic E-state index is 0.250. The Balaban J connectivity index is 0.000000297. The summed E-state index contributed by atoms with van der Waals surface area (Å²) in [7, 11) is 2.93. The molecule has 39 heavy (non-hydrogen) atoms. The molecule has 7 nitrogen and oxygen atoms in total. The smallest absolute Gasteiger partial charge is 0.0698 e. The number of fused-ring (bicyclic) bond motifs is 1. The van der Waals surface area contributed by atoms with Crippen molar-refractivity contribution in [3.8, 4) is 0 Å². The molecule has 0 aromatic rings. The van der Waals surface area contributed by atoms with Crippen LogP contribution in [0.5, 0.6) is 0 Å². The van der Waals surface area contributed by atoms with Gasteiger partial charge in [0.1, 0.15) is 0 Å². The van der Waals surface area contributed by atoms with E-state index in [4.69, 9.17) is 24.6 Å². The molecule has 3 N–H and O–H groups in total. The zero-order valence-electron chi connectivity index (χ0n) is 26.5. The molecule has 0 aromatic heterocycles. The zero-order valence-corrected chi connectivity index (χ0v) is 26.5. The maximum atomic E-state index is 7.57. The van der Waals surface area contributed by atoms with E-state index >= 15 is 0 Å². The highest BCUT2D eigenvalue weighted by Crippen LogP contribution is 2.45. The Kier molecular flexibility index (Phi) is 16.4. The molecule has 5 fully saturated rings. The van der Waals surface area contributed by atoms with E-state index < -0.39 is 0 Å². The van der Waals surface area contributed by atoms with Crippen LogP contribution < -0.4 is 5.48 Å². The number of hydrogen-bond acceptors (Lipinski definition) is 7. The summed E-state index contributed by atoms with van der Waals surface area (Å²) in [4.78, 5) is 11.2. The minimum Gasteiger partial charge on any atom is -0.400 e. The molecule has 2 aliphatic heterocycles. The summed E-state index contributed by atoms with van der Waals surface area (Å²) in [6, 6.07) is 0.591. The maximum Gasteiger partial charge on any atom is 0.0698 e. The number of methoxy groups -OCH3 is 1. The van der Waals surface area contributed by atoms with Gasteiger partial charge in [0.25, 0.3) is 0 Å². The van der Waals surface area contributed by atoms with Crippen molar-refractivity contribution >= 4 is 0 Å². The SMILES string of the molecule is CC1CCC(C)C(C)(C)C1.CCO.CO.COC1C(CN2CCCO2)CCCC1C1CCC2NOCCC2C1. The lowest BCUT2D eigenvalue weighted by Gasteiger charge is -2.47. The summed E-state index contributed by atoms with van der Waals surface area (Å²) in [5.41, 5.74) is 3.88. The number of hydrogen-bond donors (Lipinski definition) is 3. The highest BCUT2D eigenvalue weighted by molar-refractivity contribution is 4.93. The number of ether oxygens (including phenoxy) is 1. The second kappa shape index (κ2) is 18.3. The predicted octanol–water partition coefficient (Wildman–Crippen LogP) is 5.84. The van der Waals surface area contributed by atoms with Gasteiger partial charge >= 0.3 is 0 Å². The van der Waals surface area contributed by atoms with E-state index in [0.29, 0.717) is 23.5 Å². The molecule has 0 spiro atoms. The van der Waals surface area contributed by atoms with Crippen molar-refractivity contribution in [2.45, 2.75) is 117 Å². The summed E-state index contributed by atoms with van der Waals surface area (Å²) in [5, 5.41) is 16.8. The molecule has 0 radical (unpaired) electrons. The Hall–Kier alpha value is -0.280. The number of rotatable bonds is 4. The lowest BCUT2D eigenvalue weighted by molar-refractivity contribution is -0.145. The van der Waals surface area contributed by atoms with Gasteiger partial charge in [-0.15, -0.1) is 0 Å². The molecule has 5 aliphatic rings. The Bertz CT molecular complexity index is 630. The first-order valence-electron chi connectivity index (χ1n) is 16.1. The Morgan fingerprint density at radius 3 is 2.31 bits per heavy atom. The molecular formula is C32H64N2O5. The molecule has 3 aliphatic carbocycles. The van der Waals surface area contributed by atoms with Crippen LogP contribution in [0.1, 0.15) is 105 Å². The Morgan fingerprint density at radius 2 is 1.69 bits per heavy atom.